The number of rotatable bonds is 7. The predicted molar refractivity (Wildman–Crippen MR) is 237 cm³/mol. The van der Waals surface area contributed by atoms with E-state index in [-0.39, 0.29) is 33.4 Å². The molecule has 10 rings (SSSR count). The molecule has 0 saturated carbocycles. The minimum absolute atomic E-state index is 0.138. The van der Waals surface area contributed by atoms with Crippen LogP contribution in [0.5, 0.6) is 11.5 Å². The van der Waals surface area contributed by atoms with Crippen molar-refractivity contribution in [2.45, 2.75) is 26.2 Å². The summed E-state index contributed by atoms with van der Waals surface area (Å²) in [5.74, 6) is 1.52. The van der Waals surface area contributed by atoms with Gasteiger partial charge in [-0.15, -0.1) is 0 Å². The molecule has 7 aromatic carbocycles. The second-order valence-corrected chi connectivity index (χ2v) is 15.0. The summed E-state index contributed by atoms with van der Waals surface area (Å²) in [4.78, 5) is 4.79. The molecule has 0 fully saturated rings. The molecule has 0 saturated heterocycles. The Kier molecular flexibility index (Phi) is 6.37. The van der Waals surface area contributed by atoms with Crippen molar-refractivity contribution < 1.29 is 23.0 Å². The van der Waals surface area contributed by atoms with Gasteiger partial charge in [0, 0.05) is 23.0 Å². The van der Waals surface area contributed by atoms with Gasteiger partial charge in [-0.2, -0.15) is 5.26 Å². The van der Waals surface area contributed by atoms with Crippen molar-refractivity contribution in [3.8, 4) is 57.0 Å². The van der Waals surface area contributed by atoms with Crippen LogP contribution in [-0.4, -0.2) is 14.1 Å². The summed E-state index contributed by atoms with van der Waals surface area (Å²) in [7, 11) is 0. The first-order chi connectivity index (χ1) is 33.0. The van der Waals surface area contributed by atoms with E-state index in [1.54, 1.807) is 69.9 Å². The van der Waals surface area contributed by atoms with E-state index in [1.165, 1.54) is 0 Å². The summed E-state index contributed by atoms with van der Waals surface area (Å²) in [6.45, 7) is 6.43. The molecule has 0 aliphatic carbocycles. The number of hydrogen-bond donors (Lipinski definition) is 0. The molecule has 0 amide bonds. The normalized spacial score (nSPS) is 14.0. The highest BCUT2D eigenvalue weighted by Gasteiger charge is 2.22. The van der Waals surface area contributed by atoms with Gasteiger partial charge in [0.2, 0.25) is 0 Å². The summed E-state index contributed by atoms with van der Waals surface area (Å²) in [6, 6.07) is 31.8. The van der Waals surface area contributed by atoms with Crippen LogP contribution < -0.4 is 9.30 Å². The summed E-state index contributed by atoms with van der Waals surface area (Å²) in [5, 5.41) is 12.3. The zero-order chi connectivity index (χ0) is 48.8. The van der Waals surface area contributed by atoms with Gasteiger partial charge in [-0.1, -0.05) is 148 Å². The van der Waals surface area contributed by atoms with Crippen molar-refractivity contribution >= 4 is 32.8 Å². The highest BCUT2D eigenvalue weighted by Crippen LogP contribution is 2.39. The lowest BCUT2D eigenvalue weighted by Crippen LogP contribution is -2.31. The molecule has 10 aromatic rings. The maximum atomic E-state index is 10.6. The fourth-order valence-electron chi connectivity index (χ4n) is 7.67. The van der Waals surface area contributed by atoms with Crippen LogP contribution in [0.15, 0.2) is 182 Å². The number of pyridine rings is 1. The standard InChI is InChI=1S/C53H39N5O/c1-53(2,3)39-28-29-55-50(31-39)58-46-25-11-10-22-45(46)51-38(34-54)30-42(33-49(51)58)59-41-21-14-20-40(32-41)56-35-57(48-27-13-12-26-47(48)56)52-43(36-16-6-4-7-17-36)23-15-24-44(52)37-18-8-5-9-19-37/h4-33H,1-3H3/i4D,5D,6D,7D,8D,9D,16D,17D,18D,19D. The molecule has 0 aliphatic rings. The van der Waals surface area contributed by atoms with Crippen LogP contribution in [-0.2, 0) is 5.41 Å². The Morgan fingerprint density at radius 2 is 1.37 bits per heavy atom. The van der Waals surface area contributed by atoms with E-state index in [0.717, 1.165) is 27.4 Å². The van der Waals surface area contributed by atoms with Gasteiger partial charge in [-0.25, -0.2) is 4.98 Å². The minimum Gasteiger partial charge on any atom is -0.458 e. The zero-order valence-corrected chi connectivity index (χ0v) is 32.2. The lowest BCUT2D eigenvalue weighted by molar-refractivity contribution is -0.571. The van der Waals surface area contributed by atoms with Crippen LogP contribution in [0.25, 0.3) is 72.3 Å². The van der Waals surface area contributed by atoms with Crippen LogP contribution in [0.1, 0.15) is 45.6 Å². The molecule has 0 spiro atoms. The smallest absolute Gasteiger partial charge is 0.269 e. The van der Waals surface area contributed by atoms with E-state index in [1.807, 2.05) is 59.2 Å². The van der Waals surface area contributed by atoms with Gasteiger partial charge in [0.05, 0.1) is 58.8 Å². The summed E-state index contributed by atoms with van der Waals surface area (Å²) in [6.07, 6.45) is 5.20. The van der Waals surface area contributed by atoms with E-state index in [4.69, 9.17) is 23.4 Å². The Labute approximate surface area is 357 Å². The van der Waals surface area contributed by atoms with E-state index in [9.17, 15) is 5.26 Å². The zero-order valence-electron chi connectivity index (χ0n) is 42.2. The largest absolute Gasteiger partial charge is 0.458 e. The first-order valence-electron chi connectivity index (χ1n) is 24.0. The monoisotopic (exact) mass is 771 g/mol. The van der Waals surface area contributed by atoms with Crippen molar-refractivity contribution in [3.05, 3.63) is 199 Å². The molecule has 0 radical (unpaired) electrons. The third-order valence-electron chi connectivity index (χ3n) is 10.4. The number of hydrogen-bond acceptors (Lipinski definition) is 3. The molecule has 6 heteroatoms. The highest BCUT2D eigenvalue weighted by atomic mass is 16.5. The highest BCUT2D eigenvalue weighted by molar-refractivity contribution is 6.12. The molecule has 3 heterocycles. The fraction of sp³-hybridized carbons (Fsp3) is 0.0755. The maximum absolute atomic E-state index is 10.6. The van der Waals surface area contributed by atoms with Gasteiger partial charge >= 0.3 is 0 Å². The molecule has 282 valence electrons. The average Bonchev–Trinajstić information content (AvgIpc) is 3.90. The van der Waals surface area contributed by atoms with Gasteiger partial charge in [-0.05, 0) is 75.7 Å². The molecule has 0 aliphatic heterocycles. The maximum Gasteiger partial charge on any atom is 0.269 e. The van der Waals surface area contributed by atoms with E-state index < -0.39 is 60.4 Å². The van der Waals surface area contributed by atoms with E-state index >= 15 is 0 Å². The number of ether oxygens (including phenoxy) is 1. The van der Waals surface area contributed by atoms with Crippen molar-refractivity contribution in [2.75, 3.05) is 0 Å². The van der Waals surface area contributed by atoms with Crippen LogP contribution in [0.4, 0.5) is 0 Å². The Morgan fingerprint density at radius 3 is 2.08 bits per heavy atom. The Bertz CT molecular complexity index is 3700. The molecular weight excluding hydrogens is 723 g/mol. The molecule has 3 aromatic heterocycles. The van der Waals surface area contributed by atoms with Gasteiger partial charge in [0.25, 0.3) is 6.33 Å². The first kappa shape index (κ1) is 26.2. The fourth-order valence-corrected chi connectivity index (χ4v) is 7.67. The van der Waals surface area contributed by atoms with Crippen molar-refractivity contribution in [1.82, 2.24) is 14.1 Å². The molecule has 0 unspecified atom stereocenters. The molecule has 0 N–H and O–H groups in total. The first-order valence-corrected chi connectivity index (χ1v) is 19.0. The number of para-hydroxylation sites is 4. The second kappa shape index (κ2) is 14.3. The number of fused-ring (bicyclic) bond motifs is 4. The van der Waals surface area contributed by atoms with Crippen LogP contribution in [0, 0.1) is 17.7 Å². The average molecular weight is 772 g/mol. The lowest BCUT2D eigenvalue weighted by Gasteiger charge is -2.20. The van der Waals surface area contributed by atoms with Crippen LogP contribution in [0.2, 0.25) is 0 Å². The summed E-state index contributed by atoms with van der Waals surface area (Å²) >= 11 is 0. The third-order valence-corrected chi connectivity index (χ3v) is 10.4. The topological polar surface area (TPSA) is 59.6 Å². The Balaban J connectivity index is 1.17. The van der Waals surface area contributed by atoms with E-state index in [0.29, 0.717) is 39.6 Å². The van der Waals surface area contributed by atoms with E-state index in [2.05, 4.69) is 39.2 Å². The summed E-state index contributed by atoms with van der Waals surface area (Å²) in [5.41, 5.74) is 4.84. The van der Waals surface area contributed by atoms with Crippen LogP contribution >= 0.6 is 0 Å². The van der Waals surface area contributed by atoms with Gasteiger partial charge in [-0.3, -0.25) is 13.7 Å². The van der Waals surface area contributed by atoms with Gasteiger partial charge in [0.15, 0.2) is 0 Å². The second-order valence-electron chi connectivity index (χ2n) is 15.0. The van der Waals surface area contributed by atoms with Crippen LogP contribution in [0.3, 0.4) is 0 Å². The van der Waals surface area contributed by atoms with Crippen molar-refractivity contribution in [3.63, 3.8) is 0 Å². The SMILES string of the molecule is [2H]c1c([2H])c([2H])c(-c2cccc(-c3c([2H])c([2H])c([2H])c([2H])c3[2H])c2-[n+]2[c-]n(-c3cccc(Oc4cc(C#N)c5c6ccccc6n(-c6cc(C(C)(C)C)ccn6)c5c4)c3)c3ccccc32)c([2H])c1[2H]. The van der Waals surface area contributed by atoms with Gasteiger partial charge < -0.3 is 4.74 Å². The Morgan fingerprint density at radius 1 is 0.695 bits per heavy atom. The lowest BCUT2D eigenvalue weighted by atomic mass is 9.88. The molecular formula is C53H39N5O. The Hall–Kier alpha value is -7.75. The molecule has 0 bridgehead atoms. The quantitative estimate of drug-likeness (QED) is 0.120. The molecule has 6 nitrogen and oxygen atoms in total. The van der Waals surface area contributed by atoms with Crippen molar-refractivity contribution in [1.29, 1.82) is 5.26 Å². The molecule has 59 heavy (non-hydrogen) atoms. The number of benzene rings is 7. The third kappa shape index (κ3) is 6.30. The predicted octanol–water partition coefficient (Wildman–Crippen LogP) is 12.5. The van der Waals surface area contributed by atoms with Crippen molar-refractivity contribution in [2.24, 2.45) is 0 Å². The minimum atomic E-state index is -0.580. The number of imidazole rings is 1. The molecule has 0 atom stereocenters. The number of nitriles is 1. The number of aromatic nitrogens is 4. The van der Waals surface area contributed by atoms with Gasteiger partial charge in [0.1, 0.15) is 17.3 Å². The summed E-state index contributed by atoms with van der Waals surface area (Å²) < 4.78 is 98.9. The number of nitrogens with zero attached hydrogens (tertiary/aromatic N) is 5.